The first-order valence-electron chi connectivity index (χ1n) is 4.05. The van der Waals surface area contributed by atoms with E-state index >= 15 is 0 Å². The van der Waals surface area contributed by atoms with Gasteiger partial charge in [-0.3, -0.25) is 0 Å². The maximum atomic E-state index is 2.19. The van der Waals surface area contributed by atoms with Crippen LogP contribution >= 0.6 is 34.4 Å². The Hall–Kier alpha value is -0.250. The van der Waals surface area contributed by atoms with Crippen molar-refractivity contribution in [1.82, 2.24) is 0 Å². The third-order valence-electron chi connectivity index (χ3n) is 1.63. The second kappa shape index (κ2) is 3.86. The van der Waals surface area contributed by atoms with Gasteiger partial charge in [-0.25, -0.2) is 0 Å². The van der Waals surface area contributed by atoms with Crippen LogP contribution in [0.3, 0.4) is 0 Å². The van der Waals surface area contributed by atoms with E-state index in [1.165, 1.54) is 18.2 Å². The van der Waals surface area contributed by atoms with Gasteiger partial charge in [0.05, 0.1) is 8.42 Å². The van der Waals surface area contributed by atoms with E-state index in [1.54, 1.807) is 0 Å². The van der Waals surface area contributed by atoms with Crippen LogP contribution in [0.1, 0.15) is 9.75 Å². The first-order valence-corrected chi connectivity index (χ1v) is 6.50. The van der Waals surface area contributed by atoms with E-state index in [1.807, 2.05) is 34.4 Å². The Kier molecular flexibility index (Phi) is 2.77. The third-order valence-corrected chi connectivity index (χ3v) is 4.90. The molecule has 2 aromatic rings. The molecule has 0 aliphatic heterocycles. The number of hydrogen-bond acceptors (Lipinski definition) is 3. The zero-order valence-corrected chi connectivity index (χ0v) is 9.98. The lowest BCUT2D eigenvalue weighted by Crippen LogP contribution is -1.55. The zero-order chi connectivity index (χ0) is 9.26. The van der Waals surface area contributed by atoms with Gasteiger partial charge in [0.25, 0.3) is 0 Å². The molecular weight excluding hydrogens is 216 g/mol. The number of aryl methyl sites for hydroxylation is 2. The van der Waals surface area contributed by atoms with Gasteiger partial charge in [0.2, 0.25) is 0 Å². The average Bonchev–Trinajstić information content (AvgIpc) is 2.62. The predicted octanol–water partition coefficient (Wildman–Crippen LogP) is 4.58. The number of hydrogen-bond donors (Lipinski definition) is 0. The minimum atomic E-state index is 1.38. The minimum absolute atomic E-state index is 1.38. The van der Waals surface area contributed by atoms with Crippen molar-refractivity contribution in [3.63, 3.8) is 0 Å². The molecule has 0 spiro atoms. The smallest absolute Gasteiger partial charge is 0.0657 e. The standard InChI is InChI=1S/C10H10S3/c1-7-3-5-9(11-7)13-10-6-4-8(2)12-10/h3-6H,1-2H3. The summed E-state index contributed by atoms with van der Waals surface area (Å²) in [4.78, 5) is 2.77. The molecule has 0 aromatic carbocycles. The fraction of sp³-hybridized carbons (Fsp3) is 0.200. The molecule has 0 amide bonds. The van der Waals surface area contributed by atoms with Crippen molar-refractivity contribution in [2.24, 2.45) is 0 Å². The van der Waals surface area contributed by atoms with Crippen molar-refractivity contribution in [3.8, 4) is 0 Å². The number of rotatable bonds is 2. The van der Waals surface area contributed by atoms with Crippen LogP contribution in [0, 0.1) is 13.8 Å². The fourth-order valence-corrected chi connectivity index (χ4v) is 4.50. The van der Waals surface area contributed by atoms with Crippen LogP contribution in [0.25, 0.3) is 0 Å². The van der Waals surface area contributed by atoms with Gasteiger partial charge in [0.15, 0.2) is 0 Å². The third kappa shape index (κ3) is 2.36. The SMILES string of the molecule is Cc1ccc(Sc2ccc(C)s2)s1. The monoisotopic (exact) mass is 226 g/mol. The molecule has 2 rings (SSSR count). The highest BCUT2D eigenvalue weighted by molar-refractivity contribution is 8.02. The zero-order valence-electron chi connectivity index (χ0n) is 7.53. The Morgan fingerprint density at radius 3 is 1.62 bits per heavy atom. The molecule has 0 nitrogen and oxygen atoms in total. The largest absolute Gasteiger partial charge is 0.134 e. The molecule has 0 radical (unpaired) electrons. The molecule has 2 heterocycles. The van der Waals surface area contributed by atoms with Crippen LogP contribution in [0.15, 0.2) is 32.7 Å². The Morgan fingerprint density at radius 2 is 1.31 bits per heavy atom. The lowest BCUT2D eigenvalue weighted by Gasteiger charge is -1.90. The first-order chi connectivity index (χ1) is 6.24. The lowest BCUT2D eigenvalue weighted by atomic mass is 10.5. The van der Waals surface area contributed by atoms with Gasteiger partial charge >= 0.3 is 0 Å². The van der Waals surface area contributed by atoms with Crippen molar-refractivity contribution in [3.05, 3.63) is 34.0 Å². The highest BCUT2D eigenvalue weighted by Crippen LogP contribution is 2.36. The topological polar surface area (TPSA) is 0 Å². The summed E-state index contributed by atoms with van der Waals surface area (Å²) in [6.07, 6.45) is 0. The lowest BCUT2D eigenvalue weighted by molar-refractivity contribution is 1.61. The summed E-state index contributed by atoms with van der Waals surface area (Å²) < 4.78 is 2.78. The van der Waals surface area contributed by atoms with Gasteiger partial charge in [-0.05, 0) is 38.1 Å². The van der Waals surface area contributed by atoms with Gasteiger partial charge in [-0.2, -0.15) is 0 Å². The summed E-state index contributed by atoms with van der Waals surface area (Å²) in [5, 5.41) is 0. The normalized spacial score (nSPS) is 10.6. The van der Waals surface area contributed by atoms with Gasteiger partial charge in [-0.15, -0.1) is 22.7 Å². The maximum Gasteiger partial charge on any atom is 0.0657 e. The van der Waals surface area contributed by atoms with Crippen LogP contribution in [-0.4, -0.2) is 0 Å². The van der Waals surface area contributed by atoms with E-state index in [9.17, 15) is 0 Å². The Morgan fingerprint density at radius 1 is 0.846 bits per heavy atom. The van der Waals surface area contributed by atoms with Gasteiger partial charge in [0, 0.05) is 9.75 Å². The first kappa shape index (κ1) is 9.31. The van der Waals surface area contributed by atoms with Crippen LogP contribution in [0.2, 0.25) is 0 Å². The summed E-state index contributed by atoms with van der Waals surface area (Å²) in [7, 11) is 0. The van der Waals surface area contributed by atoms with Crippen molar-refractivity contribution < 1.29 is 0 Å². The van der Waals surface area contributed by atoms with E-state index in [-0.39, 0.29) is 0 Å². The van der Waals surface area contributed by atoms with Crippen LogP contribution in [0.5, 0.6) is 0 Å². The van der Waals surface area contributed by atoms with Crippen LogP contribution < -0.4 is 0 Å². The van der Waals surface area contributed by atoms with E-state index in [0.29, 0.717) is 0 Å². The van der Waals surface area contributed by atoms with E-state index in [2.05, 4.69) is 38.1 Å². The average molecular weight is 226 g/mol. The summed E-state index contributed by atoms with van der Waals surface area (Å²) in [6, 6.07) is 8.74. The Bertz CT molecular complexity index is 359. The van der Waals surface area contributed by atoms with E-state index in [4.69, 9.17) is 0 Å². The molecule has 68 valence electrons. The molecule has 0 aliphatic rings. The minimum Gasteiger partial charge on any atom is -0.134 e. The van der Waals surface area contributed by atoms with E-state index in [0.717, 1.165) is 0 Å². The molecule has 3 heteroatoms. The summed E-state index contributed by atoms with van der Waals surface area (Å²) in [5.74, 6) is 0. The second-order valence-electron chi connectivity index (χ2n) is 2.83. The summed E-state index contributed by atoms with van der Waals surface area (Å²) in [5.41, 5.74) is 0. The highest BCUT2D eigenvalue weighted by Gasteiger charge is 2.01. The van der Waals surface area contributed by atoms with Gasteiger partial charge in [0.1, 0.15) is 0 Å². The van der Waals surface area contributed by atoms with Gasteiger partial charge in [-0.1, -0.05) is 11.8 Å². The molecule has 0 saturated carbocycles. The van der Waals surface area contributed by atoms with Crippen molar-refractivity contribution in [2.75, 3.05) is 0 Å². The summed E-state index contributed by atoms with van der Waals surface area (Å²) in [6.45, 7) is 4.29. The molecular formula is C10H10S3. The Labute approximate surface area is 90.6 Å². The fourth-order valence-electron chi connectivity index (χ4n) is 1.03. The summed E-state index contributed by atoms with van der Waals surface area (Å²) >= 11 is 5.59. The number of thiophene rings is 2. The molecule has 2 aromatic heterocycles. The molecule has 0 fully saturated rings. The van der Waals surface area contributed by atoms with Crippen LogP contribution in [0.4, 0.5) is 0 Å². The van der Waals surface area contributed by atoms with Crippen molar-refractivity contribution >= 4 is 34.4 Å². The molecule has 0 aliphatic carbocycles. The quantitative estimate of drug-likeness (QED) is 0.722. The molecule has 13 heavy (non-hydrogen) atoms. The second-order valence-corrected chi connectivity index (χ2v) is 7.01. The Balaban J connectivity index is 2.14. The van der Waals surface area contributed by atoms with Crippen molar-refractivity contribution in [2.45, 2.75) is 22.3 Å². The highest BCUT2D eigenvalue weighted by atomic mass is 32.2. The van der Waals surface area contributed by atoms with E-state index < -0.39 is 0 Å². The predicted molar refractivity (Wildman–Crippen MR) is 62.2 cm³/mol. The molecule has 0 saturated heterocycles. The van der Waals surface area contributed by atoms with Gasteiger partial charge < -0.3 is 0 Å². The molecule has 0 unspecified atom stereocenters. The molecule has 0 atom stereocenters. The maximum absolute atomic E-state index is 2.19. The van der Waals surface area contributed by atoms with Crippen LogP contribution in [-0.2, 0) is 0 Å². The molecule has 0 N–H and O–H groups in total. The van der Waals surface area contributed by atoms with Crippen molar-refractivity contribution in [1.29, 1.82) is 0 Å². The molecule has 0 bridgehead atoms.